The molecule has 19 heavy (non-hydrogen) atoms. The van der Waals surface area contributed by atoms with Gasteiger partial charge in [0.05, 0.1) is 6.20 Å². The van der Waals surface area contributed by atoms with Gasteiger partial charge in [-0.1, -0.05) is 18.6 Å². The van der Waals surface area contributed by atoms with E-state index in [0.717, 1.165) is 32.2 Å². The number of hydrogen-bond acceptors (Lipinski definition) is 4. The van der Waals surface area contributed by atoms with E-state index in [2.05, 4.69) is 17.2 Å². The molecule has 0 spiro atoms. The highest BCUT2D eigenvalue weighted by Gasteiger charge is 2.33. The van der Waals surface area contributed by atoms with E-state index in [1.807, 2.05) is 4.90 Å². The summed E-state index contributed by atoms with van der Waals surface area (Å²) in [5.74, 6) is -1.15. The van der Waals surface area contributed by atoms with Gasteiger partial charge in [0.15, 0.2) is 5.69 Å². The molecule has 0 atom stereocenters. The van der Waals surface area contributed by atoms with Crippen molar-refractivity contribution in [3.63, 3.8) is 0 Å². The van der Waals surface area contributed by atoms with Gasteiger partial charge in [0.1, 0.15) is 6.54 Å². The van der Waals surface area contributed by atoms with Crippen LogP contribution in [0.4, 0.5) is 0 Å². The van der Waals surface area contributed by atoms with Crippen molar-refractivity contribution < 1.29 is 14.7 Å². The van der Waals surface area contributed by atoms with Crippen molar-refractivity contribution in [3.8, 4) is 0 Å². The maximum Gasteiger partial charge on any atom is 0.325 e. The van der Waals surface area contributed by atoms with Gasteiger partial charge in [0.2, 0.25) is 0 Å². The standard InChI is InChI=1S/C12H18N4O3/c1-2-3-6-16(9-4-5-9)12(19)10-7-15(14-13-10)8-11(17)18/h7,9H,2-6,8H2,1H3,(H,17,18). The minimum absolute atomic E-state index is 0.146. The number of aromatic nitrogens is 3. The Bertz CT molecular complexity index is 467. The Morgan fingerprint density at radius 3 is 2.84 bits per heavy atom. The molecule has 1 aliphatic rings. The summed E-state index contributed by atoms with van der Waals surface area (Å²) in [4.78, 5) is 24.7. The summed E-state index contributed by atoms with van der Waals surface area (Å²) in [6.07, 6.45) is 5.48. The summed E-state index contributed by atoms with van der Waals surface area (Å²) in [7, 11) is 0. The second kappa shape index (κ2) is 5.81. The Labute approximate surface area is 111 Å². The van der Waals surface area contributed by atoms with Crippen LogP contribution in [-0.2, 0) is 11.3 Å². The zero-order chi connectivity index (χ0) is 13.8. The molecule has 2 rings (SSSR count). The Kier molecular flexibility index (Phi) is 4.13. The molecule has 1 N–H and O–H groups in total. The van der Waals surface area contributed by atoms with Gasteiger partial charge in [-0.3, -0.25) is 9.59 Å². The van der Waals surface area contributed by atoms with Crippen LogP contribution in [0.15, 0.2) is 6.20 Å². The third-order valence-electron chi connectivity index (χ3n) is 3.06. The van der Waals surface area contributed by atoms with Crippen LogP contribution in [0.2, 0.25) is 0 Å². The van der Waals surface area contributed by atoms with Gasteiger partial charge in [0.25, 0.3) is 5.91 Å². The van der Waals surface area contributed by atoms with Crippen LogP contribution >= 0.6 is 0 Å². The fraction of sp³-hybridized carbons (Fsp3) is 0.667. The molecule has 0 bridgehead atoms. The van der Waals surface area contributed by atoms with Crippen LogP contribution in [0, 0.1) is 0 Å². The minimum Gasteiger partial charge on any atom is -0.480 e. The number of hydrogen-bond donors (Lipinski definition) is 1. The van der Waals surface area contributed by atoms with E-state index in [1.165, 1.54) is 10.9 Å². The van der Waals surface area contributed by atoms with Gasteiger partial charge in [-0.2, -0.15) is 0 Å². The molecular weight excluding hydrogens is 248 g/mol. The van der Waals surface area contributed by atoms with Crippen molar-refractivity contribution in [3.05, 3.63) is 11.9 Å². The number of carboxylic acids is 1. The lowest BCUT2D eigenvalue weighted by molar-refractivity contribution is -0.137. The van der Waals surface area contributed by atoms with Crippen molar-refractivity contribution in [2.24, 2.45) is 0 Å². The molecule has 1 heterocycles. The van der Waals surface area contributed by atoms with Gasteiger partial charge >= 0.3 is 5.97 Å². The third-order valence-corrected chi connectivity index (χ3v) is 3.06. The summed E-state index contributed by atoms with van der Waals surface area (Å²) in [5, 5.41) is 16.1. The minimum atomic E-state index is -1.01. The monoisotopic (exact) mass is 266 g/mol. The van der Waals surface area contributed by atoms with E-state index in [9.17, 15) is 9.59 Å². The molecule has 0 saturated heterocycles. The van der Waals surface area contributed by atoms with Crippen molar-refractivity contribution in [2.75, 3.05) is 6.54 Å². The molecule has 7 heteroatoms. The number of carbonyl (C=O) groups is 2. The number of nitrogens with zero attached hydrogens (tertiary/aromatic N) is 4. The van der Waals surface area contributed by atoms with Crippen molar-refractivity contribution in [1.29, 1.82) is 0 Å². The van der Waals surface area contributed by atoms with Crippen LogP contribution in [0.5, 0.6) is 0 Å². The molecule has 7 nitrogen and oxygen atoms in total. The van der Waals surface area contributed by atoms with Gasteiger partial charge in [0, 0.05) is 12.6 Å². The summed E-state index contributed by atoms with van der Waals surface area (Å²) < 4.78 is 1.17. The number of carboxylic acid groups (broad SMARTS) is 1. The molecule has 1 aliphatic carbocycles. The molecule has 0 aliphatic heterocycles. The maximum atomic E-state index is 12.3. The molecule has 0 aromatic carbocycles. The highest BCUT2D eigenvalue weighted by Crippen LogP contribution is 2.28. The SMILES string of the molecule is CCCCN(C(=O)c1cn(CC(=O)O)nn1)C1CC1. The van der Waals surface area contributed by atoms with Gasteiger partial charge in [-0.15, -0.1) is 5.10 Å². The summed E-state index contributed by atoms with van der Waals surface area (Å²) in [6, 6.07) is 0.323. The average molecular weight is 266 g/mol. The molecule has 1 fully saturated rings. The first-order valence-electron chi connectivity index (χ1n) is 6.54. The fourth-order valence-electron chi connectivity index (χ4n) is 1.92. The summed E-state index contributed by atoms with van der Waals surface area (Å²) in [5.41, 5.74) is 0.226. The summed E-state index contributed by atoms with van der Waals surface area (Å²) >= 11 is 0. The third kappa shape index (κ3) is 3.52. The van der Waals surface area contributed by atoms with E-state index >= 15 is 0 Å². The van der Waals surface area contributed by atoms with Crippen molar-refractivity contribution in [2.45, 2.75) is 45.2 Å². The average Bonchev–Trinajstić information content (AvgIpc) is 3.09. The first kappa shape index (κ1) is 13.5. The zero-order valence-electron chi connectivity index (χ0n) is 10.9. The molecule has 1 aromatic rings. The first-order chi connectivity index (χ1) is 9.11. The number of rotatable bonds is 7. The van der Waals surface area contributed by atoms with Crippen LogP contribution in [0.25, 0.3) is 0 Å². The van der Waals surface area contributed by atoms with E-state index < -0.39 is 5.97 Å². The molecule has 0 unspecified atom stereocenters. The van der Waals surface area contributed by atoms with Gasteiger partial charge < -0.3 is 10.0 Å². The Hall–Kier alpha value is -1.92. The van der Waals surface area contributed by atoms with E-state index in [0.29, 0.717) is 6.04 Å². The quantitative estimate of drug-likeness (QED) is 0.787. The molecular formula is C12H18N4O3. The van der Waals surface area contributed by atoms with Gasteiger partial charge in [-0.05, 0) is 19.3 Å². The predicted octanol–water partition coefficient (Wildman–Crippen LogP) is 0.767. The second-order valence-corrected chi connectivity index (χ2v) is 4.78. The van der Waals surface area contributed by atoms with Crippen LogP contribution in [0.1, 0.15) is 43.1 Å². The van der Waals surface area contributed by atoms with Crippen LogP contribution < -0.4 is 0 Å². The first-order valence-corrected chi connectivity index (χ1v) is 6.54. The number of unbranched alkanes of at least 4 members (excludes halogenated alkanes) is 1. The fourth-order valence-corrected chi connectivity index (χ4v) is 1.92. The molecule has 0 radical (unpaired) electrons. The zero-order valence-corrected chi connectivity index (χ0v) is 10.9. The highest BCUT2D eigenvalue weighted by molar-refractivity contribution is 5.92. The van der Waals surface area contributed by atoms with Crippen LogP contribution in [0.3, 0.4) is 0 Å². The molecule has 1 saturated carbocycles. The molecule has 104 valence electrons. The smallest absolute Gasteiger partial charge is 0.325 e. The summed E-state index contributed by atoms with van der Waals surface area (Å²) in [6.45, 7) is 2.53. The second-order valence-electron chi connectivity index (χ2n) is 4.78. The number of aliphatic carboxylic acids is 1. The van der Waals surface area contributed by atoms with Crippen molar-refractivity contribution in [1.82, 2.24) is 19.9 Å². The van der Waals surface area contributed by atoms with E-state index in [4.69, 9.17) is 5.11 Å². The van der Waals surface area contributed by atoms with Crippen LogP contribution in [-0.4, -0.2) is 49.5 Å². The Morgan fingerprint density at radius 2 is 2.26 bits per heavy atom. The maximum absolute atomic E-state index is 12.3. The Morgan fingerprint density at radius 1 is 1.53 bits per heavy atom. The largest absolute Gasteiger partial charge is 0.480 e. The number of amides is 1. The molecule has 1 amide bonds. The number of carbonyl (C=O) groups excluding carboxylic acids is 1. The predicted molar refractivity (Wildman–Crippen MR) is 66.6 cm³/mol. The Balaban J connectivity index is 2.03. The lowest BCUT2D eigenvalue weighted by Gasteiger charge is -2.20. The lowest BCUT2D eigenvalue weighted by Crippen LogP contribution is -2.34. The van der Waals surface area contributed by atoms with E-state index in [1.54, 1.807) is 0 Å². The highest BCUT2D eigenvalue weighted by atomic mass is 16.4. The topological polar surface area (TPSA) is 88.3 Å². The normalized spacial score (nSPS) is 14.4. The lowest BCUT2D eigenvalue weighted by atomic mass is 10.3. The molecule has 1 aromatic heterocycles. The van der Waals surface area contributed by atoms with Gasteiger partial charge in [-0.25, -0.2) is 4.68 Å². The van der Waals surface area contributed by atoms with Crippen molar-refractivity contribution >= 4 is 11.9 Å². The van der Waals surface area contributed by atoms with E-state index in [-0.39, 0.29) is 18.1 Å².